The van der Waals surface area contributed by atoms with E-state index in [2.05, 4.69) is 29.6 Å². The van der Waals surface area contributed by atoms with Crippen molar-refractivity contribution in [1.29, 1.82) is 0 Å². The summed E-state index contributed by atoms with van der Waals surface area (Å²) in [4.78, 5) is 0. The molecule has 1 aromatic carbocycles. The van der Waals surface area contributed by atoms with E-state index in [9.17, 15) is 0 Å². The Bertz CT molecular complexity index is 442. The summed E-state index contributed by atoms with van der Waals surface area (Å²) in [6.07, 6.45) is 3.73. The van der Waals surface area contributed by atoms with Gasteiger partial charge in [-0.2, -0.15) is 0 Å². The van der Waals surface area contributed by atoms with E-state index < -0.39 is 0 Å². The van der Waals surface area contributed by atoms with Crippen LogP contribution >= 0.6 is 11.3 Å². The smallest absolute Gasteiger partial charge is 0.0845 e. The van der Waals surface area contributed by atoms with Gasteiger partial charge in [0.15, 0.2) is 0 Å². The van der Waals surface area contributed by atoms with Gasteiger partial charge in [-0.15, -0.1) is 11.3 Å². The summed E-state index contributed by atoms with van der Waals surface area (Å²) in [5.74, 6) is 0. The average molecular weight is 204 g/mol. The molecule has 0 saturated heterocycles. The summed E-state index contributed by atoms with van der Waals surface area (Å²) in [5, 5.41) is 3.42. The van der Waals surface area contributed by atoms with Gasteiger partial charge in [0.25, 0.3) is 0 Å². The molecule has 0 aliphatic rings. The molecule has 0 radical (unpaired) electrons. The van der Waals surface area contributed by atoms with E-state index in [1.54, 1.807) is 17.6 Å². The highest BCUT2D eigenvalue weighted by Crippen LogP contribution is 2.22. The monoisotopic (exact) mass is 204 g/mol. The Morgan fingerprint density at radius 3 is 3.14 bits per heavy atom. The number of hydrogen-bond donors (Lipinski definition) is 0. The molecule has 0 N–H and O–H groups in total. The van der Waals surface area contributed by atoms with Crippen LogP contribution in [-0.4, -0.2) is 6.61 Å². The Kier molecular flexibility index (Phi) is 2.84. The van der Waals surface area contributed by atoms with Gasteiger partial charge in [-0.1, -0.05) is 12.1 Å². The van der Waals surface area contributed by atoms with Crippen molar-refractivity contribution in [2.45, 2.75) is 6.92 Å². The molecule has 2 aromatic rings. The minimum absolute atomic E-state index is 0.720. The van der Waals surface area contributed by atoms with Crippen molar-refractivity contribution in [3.05, 3.63) is 41.5 Å². The Morgan fingerprint density at radius 2 is 2.29 bits per heavy atom. The molecule has 2 rings (SSSR count). The van der Waals surface area contributed by atoms with Crippen LogP contribution in [0.1, 0.15) is 12.5 Å². The Morgan fingerprint density at radius 1 is 1.36 bits per heavy atom. The number of fused-ring (bicyclic) bond motifs is 1. The van der Waals surface area contributed by atoms with Gasteiger partial charge in [0.05, 0.1) is 12.9 Å². The fraction of sp³-hybridized carbons (Fsp3) is 0.167. The van der Waals surface area contributed by atoms with Crippen LogP contribution < -0.4 is 0 Å². The minimum atomic E-state index is 0.720. The third kappa shape index (κ3) is 1.96. The topological polar surface area (TPSA) is 9.23 Å². The van der Waals surface area contributed by atoms with Gasteiger partial charge in [-0.05, 0) is 41.5 Å². The van der Waals surface area contributed by atoms with Gasteiger partial charge in [-0.3, -0.25) is 0 Å². The van der Waals surface area contributed by atoms with Gasteiger partial charge in [0.2, 0.25) is 0 Å². The van der Waals surface area contributed by atoms with Gasteiger partial charge in [0, 0.05) is 4.70 Å². The van der Waals surface area contributed by atoms with Crippen molar-refractivity contribution in [1.82, 2.24) is 0 Å². The molecule has 14 heavy (non-hydrogen) atoms. The van der Waals surface area contributed by atoms with Crippen LogP contribution in [0.2, 0.25) is 0 Å². The van der Waals surface area contributed by atoms with Crippen LogP contribution in [0.3, 0.4) is 0 Å². The maximum absolute atomic E-state index is 5.15. The number of benzene rings is 1. The molecule has 0 bridgehead atoms. The van der Waals surface area contributed by atoms with Crippen LogP contribution in [0.4, 0.5) is 0 Å². The summed E-state index contributed by atoms with van der Waals surface area (Å²) < 4.78 is 6.48. The van der Waals surface area contributed by atoms with Gasteiger partial charge in [-0.25, -0.2) is 0 Å². The quantitative estimate of drug-likeness (QED) is 0.689. The zero-order valence-electron chi connectivity index (χ0n) is 8.07. The molecular formula is C12H12OS. The second-order valence-electron chi connectivity index (χ2n) is 2.98. The molecule has 72 valence electrons. The largest absolute Gasteiger partial charge is 0.501 e. The molecule has 1 aromatic heterocycles. The van der Waals surface area contributed by atoms with Crippen molar-refractivity contribution in [2.75, 3.05) is 6.61 Å². The Balaban J connectivity index is 2.25. The SMILES string of the molecule is CCOC=Cc1ccc2ccsc2c1. The Hall–Kier alpha value is -1.28. The molecule has 0 saturated carbocycles. The first kappa shape index (κ1) is 9.28. The van der Waals surface area contributed by atoms with Crippen molar-refractivity contribution in [3.63, 3.8) is 0 Å². The second kappa shape index (κ2) is 4.29. The highest BCUT2D eigenvalue weighted by atomic mass is 32.1. The average Bonchev–Trinajstić information content (AvgIpc) is 2.65. The Labute approximate surface area is 87.6 Å². The predicted octanol–water partition coefficient (Wildman–Crippen LogP) is 3.91. The second-order valence-corrected chi connectivity index (χ2v) is 3.92. The van der Waals surface area contributed by atoms with Crippen molar-refractivity contribution < 1.29 is 4.74 Å². The number of rotatable bonds is 3. The van der Waals surface area contributed by atoms with Crippen LogP contribution in [0, 0.1) is 0 Å². The van der Waals surface area contributed by atoms with E-state index in [0.717, 1.165) is 6.61 Å². The van der Waals surface area contributed by atoms with E-state index in [0.29, 0.717) is 0 Å². The molecule has 1 heterocycles. The van der Waals surface area contributed by atoms with Gasteiger partial charge < -0.3 is 4.74 Å². The molecule has 0 aliphatic carbocycles. The van der Waals surface area contributed by atoms with Crippen LogP contribution in [-0.2, 0) is 4.74 Å². The molecular weight excluding hydrogens is 192 g/mol. The van der Waals surface area contributed by atoms with E-state index in [4.69, 9.17) is 4.74 Å². The molecule has 2 heteroatoms. The molecule has 0 fully saturated rings. The predicted molar refractivity (Wildman–Crippen MR) is 62.5 cm³/mol. The van der Waals surface area contributed by atoms with E-state index >= 15 is 0 Å². The zero-order chi connectivity index (χ0) is 9.80. The summed E-state index contributed by atoms with van der Waals surface area (Å²) >= 11 is 1.77. The summed E-state index contributed by atoms with van der Waals surface area (Å²) in [5.41, 5.74) is 1.19. The first-order valence-electron chi connectivity index (χ1n) is 4.65. The normalized spacial score (nSPS) is 11.2. The number of thiophene rings is 1. The van der Waals surface area contributed by atoms with Gasteiger partial charge >= 0.3 is 0 Å². The molecule has 0 aliphatic heterocycles. The number of hydrogen-bond acceptors (Lipinski definition) is 2. The van der Waals surface area contributed by atoms with Crippen molar-refractivity contribution in [2.24, 2.45) is 0 Å². The minimum Gasteiger partial charge on any atom is -0.501 e. The zero-order valence-corrected chi connectivity index (χ0v) is 8.88. The summed E-state index contributed by atoms with van der Waals surface area (Å²) in [6, 6.07) is 8.55. The van der Waals surface area contributed by atoms with E-state index in [-0.39, 0.29) is 0 Å². The first-order valence-corrected chi connectivity index (χ1v) is 5.53. The highest BCUT2D eigenvalue weighted by molar-refractivity contribution is 7.17. The molecule has 0 spiro atoms. The maximum atomic E-state index is 5.15. The third-order valence-electron chi connectivity index (χ3n) is 2.00. The fourth-order valence-corrected chi connectivity index (χ4v) is 2.14. The van der Waals surface area contributed by atoms with E-state index in [1.165, 1.54) is 15.6 Å². The summed E-state index contributed by atoms with van der Waals surface area (Å²) in [6.45, 7) is 2.70. The van der Waals surface area contributed by atoms with Crippen molar-refractivity contribution in [3.8, 4) is 0 Å². The lowest BCUT2D eigenvalue weighted by Crippen LogP contribution is -1.77. The van der Waals surface area contributed by atoms with Crippen LogP contribution in [0.15, 0.2) is 35.9 Å². The van der Waals surface area contributed by atoms with Crippen LogP contribution in [0.5, 0.6) is 0 Å². The molecule has 0 amide bonds. The molecule has 0 atom stereocenters. The maximum Gasteiger partial charge on any atom is 0.0845 e. The van der Waals surface area contributed by atoms with E-state index in [1.807, 2.05) is 13.0 Å². The standard InChI is InChI=1S/C12H12OS/c1-2-13-7-5-10-3-4-11-6-8-14-12(11)9-10/h3-9H,2H2,1H3. The van der Waals surface area contributed by atoms with Crippen molar-refractivity contribution >= 4 is 27.5 Å². The lowest BCUT2D eigenvalue weighted by Gasteiger charge is -1.95. The third-order valence-corrected chi connectivity index (χ3v) is 2.88. The van der Waals surface area contributed by atoms with Crippen LogP contribution in [0.25, 0.3) is 16.2 Å². The lowest BCUT2D eigenvalue weighted by atomic mass is 10.2. The molecule has 0 unspecified atom stereocenters. The summed E-state index contributed by atoms with van der Waals surface area (Å²) in [7, 11) is 0. The lowest BCUT2D eigenvalue weighted by molar-refractivity contribution is 0.272. The van der Waals surface area contributed by atoms with Gasteiger partial charge in [0.1, 0.15) is 0 Å². The number of ether oxygens (including phenoxy) is 1. The fourth-order valence-electron chi connectivity index (χ4n) is 1.30. The first-order chi connectivity index (χ1) is 6.90. The highest BCUT2D eigenvalue weighted by Gasteiger charge is 1.94. The molecule has 1 nitrogen and oxygen atoms in total.